The van der Waals surface area contributed by atoms with Crippen LogP contribution < -0.4 is 0 Å². The van der Waals surface area contributed by atoms with Crippen LogP contribution in [-0.2, 0) is 6.42 Å². The van der Waals surface area contributed by atoms with Crippen LogP contribution >= 0.6 is 0 Å². The summed E-state index contributed by atoms with van der Waals surface area (Å²) in [5.41, 5.74) is 3.10. The Kier molecular flexibility index (Phi) is 3.33. The van der Waals surface area contributed by atoms with Gasteiger partial charge in [0, 0.05) is 0 Å². The van der Waals surface area contributed by atoms with Crippen molar-refractivity contribution in [1.82, 2.24) is 0 Å². The van der Waals surface area contributed by atoms with Crippen molar-refractivity contribution in [3.8, 4) is 11.1 Å². The first kappa shape index (κ1) is 11.5. The van der Waals surface area contributed by atoms with Gasteiger partial charge in [-0.15, -0.1) is 0 Å². The highest BCUT2D eigenvalue weighted by atomic mass is 19.1. The van der Waals surface area contributed by atoms with E-state index in [-0.39, 0.29) is 5.56 Å². The SMILES string of the molecule is CCc1ccccc1-c1ccc(C=O)c(F)c1. The summed E-state index contributed by atoms with van der Waals surface area (Å²) < 4.78 is 13.5. The molecule has 0 aliphatic heterocycles. The van der Waals surface area contributed by atoms with Crippen LogP contribution in [0.25, 0.3) is 11.1 Å². The van der Waals surface area contributed by atoms with Gasteiger partial charge in [-0.2, -0.15) is 0 Å². The highest BCUT2D eigenvalue weighted by Crippen LogP contribution is 2.25. The fraction of sp³-hybridized carbons (Fsp3) is 0.133. The molecule has 2 heteroatoms. The normalized spacial score (nSPS) is 10.2. The van der Waals surface area contributed by atoms with Crippen LogP contribution in [0.15, 0.2) is 42.5 Å². The Morgan fingerprint density at radius 2 is 1.94 bits per heavy atom. The van der Waals surface area contributed by atoms with E-state index >= 15 is 0 Å². The van der Waals surface area contributed by atoms with Crippen LogP contribution in [0.3, 0.4) is 0 Å². The lowest BCUT2D eigenvalue weighted by molar-refractivity contribution is 0.112. The quantitative estimate of drug-likeness (QED) is 0.729. The molecule has 0 spiro atoms. The molecule has 0 unspecified atom stereocenters. The van der Waals surface area contributed by atoms with Gasteiger partial charge < -0.3 is 0 Å². The van der Waals surface area contributed by atoms with Crippen LogP contribution in [0, 0.1) is 5.82 Å². The molecule has 0 amide bonds. The van der Waals surface area contributed by atoms with Gasteiger partial charge in [-0.1, -0.05) is 37.3 Å². The minimum absolute atomic E-state index is 0.0997. The number of benzene rings is 2. The summed E-state index contributed by atoms with van der Waals surface area (Å²) in [6, 6.07) is 12.6. The highest BCUT2D eigenvalue weighted by Gasteiger charge is 2.06. The Labute approximate surface area is 99.9 Å². The van der Waals surface area contributed by atoms with Crippen LogP contribution in [-0.4, -0.2) is 6.29 Å². The van der Waals surface area contributed by atoms with Crippen molar-refractivity contribution < 1.29 is 9.18 Å². The van der Waals surface area contributed by atoms with Gasteiger partial charge in [-0.3, -0.25) is 4.79 Å². The van der Waals surface area contributed by atoms with Crippen LogP contribution in [0.4, 0.5) is 4.39 Å². The number of carbonyl (C=O) groups excluding carboxylic acids is 1. The van der Waals surface area contributed by atoms with Gasteiger partial charge >= 0.3 is 0 Å². The molecular weight excluding hydrogens is 215 g/mol. The topological polar surface area (TPSA) is 17.1 Å². The van der Waals surface area contributed by atoms with Crippen LogP contribution in [0.1, 0.15) is 22.8 Å². The van der Waals surface area contributed by atoms with E-state index in [2.05, 4.69) is 6.92 Å². The van der Waals surface area contributed by atoms with Gasteiger partial charge in [0.25, 0.3) is 0 Å². The number of aldehydes is 1. The predicted molar refractivity (Wildman–Crippen MR) is 66.6 cm³/mol. The van der Waals surface area contributed by atoms with Crippen molar-refractivity contribution in [2.24, 2.45) is 0 Å². The van der Waals surface area contributed by atoms with Gasteiger partial charge in [0.05, 0.1) is 5.56 Å². The van der Waals surface area contributed by atoms with Gasteiger partial charge in [0.15, 0.2) is 6.29 Å². The standard InChI is InChI=1S/C15H13FO/c1-2-11-5-3-4-6-14(11)12-7-8-13(10-17)15(16)9-12/h3-10H,2H2,1H3. The average molecular weight is 228 g/mol. The zero-order valence-corrected chi connectivity index (χ0v) is 9.61. The third-order valence-corrected chi connectivity index (χ3v) is 2.84. The Balaban J connectivity index is 2.53. The van der Waals surface area contributed by atoms with E-state index in [0.717, 1.165) is 17.5 Å². The van der Waals surface area contributed by atoms with Crippen molar-refractivity contribution in [2.75, 3.05) is 0 Å². The van der Waals surface area contributed by atoms with Gasteiger partial charge in [0.1, 0.15) is 5.82 Å². The summed E-state index contributed by atoms with van der Waals surface area (Å²) >= 11 is 0. The summed E-state index contributed by atoms with van der Waals surface area (Å²) in [4.78, 5) is 10.6. The van der Waals surface area contributed by atoms with E-state index in [1.807, 2.05) is 24.3 Å². The average Bonchev–Trinajstić information content (AvgIpc) is 2.38. The molecule has 86 valence electrons. The largest absolute Gasteiger partial charge is 0.298 e. The zero-order valence-electron chi connectivity index (χ0n) is 9.61. The predicted octanol–water partition coefficient (Wildman–Crippen LogP) is 3.87. The molecule has 1 nitrogen and oxygen atoms in total. The second-order valence-electron chi connectivity index (χ2n) is 3.86. The monoisotopic (exact) mass is 228 g/mol. The number of aryl methyl sites for hydroxylation is 1. The molecule has 0 aliphatic carbocycles. The summed E-state index contributed by atoms with van der Waals surface area (Å²) in [6.45, 7) is 2.06. The third kappa shape index (κ3) is 2.26. The van der Waals surface area contributed by atoms with E-state index in [4.69, 9.17) is 0 Å². The van der Waals surface area contributed by atoms with Crippen molar-refractivity contribution in [2.45, 2.75) is 13.3 Å². The minimum atomic E-state index is -0.469. The Hall–Kier alpha value is -1.96. The van der Waals surface area contributed by atoms with E-state index in [0.29, 0.717) is 6.29 Å². The molecule has 0 N–H and O–H groups in total. The molecule has 0 saturated heterocycles. The molecule has 0 atom stereocenters. The first-order valence-corrected chi connectivity index (χ1v) is 5.59. The molecular formula is C15H13FO. The minimum Gasteiger partial charge on any atom is -0.298 e. The Morgan fingerprint density at radius 3 is 2.59 bits per heavy atom. The smallest absolute Gasteiger partial charge is 0.152 e. The summed E-state index contributed by atoms with van der Waals surface area (Å²) in [5.74, 6) is -0.469. The zero-order chi connectivity index (χ0) is 12.3. The molecule has 0 saturated carbocycles. The maximum atomic E-state index is 13.5. The maximum Gasteiger partial charge on any atom is 0.152 e. The molecule has 0 bridgehead atoms. The maximum absolute atomic E-state index is 13.5. The molecule has 17 heavy (non-hydrogen) atoms. The van der Waals surface area contributed by atoms with Gasteiger partial charge in [-0.25, -0.2) is 4.39 Å². The van der Waals surface area contributed by atoms with E-state index < -0.39 is 5.82 Å². The molecule has 2 rings (SSSR count). The van der Waals surface area contributed by atoms with Crippen LogP contribution in [0.5, 0.6) is 0 Å². The highest BCUT2D eigenvalue weighted by molar-refractivity contribution is 5.78. The molecule has 2 aromatic rings. The summed E-state index contributed by atoms with van der Waals surface area (Å²) in [7, 11) is 0. The number of rotatable bonds is 3. The molecule has 0 aromatic heterocycles. The van der Waals surface area contributed by atoms with Crippen molar-refractivity contribution in [1.29, 1.82) is 0 Å². The molecule has 0 radical (unpaired) electrons. The number of hydrogen-bond acceptors (Lipinski definition) is 1. The van der Waals surface area contributed by atoms with Crippen molar-refractivity contribution >= 4 is 6.29 Å². The van der Waals surface area contributed by atoms with Crippen molar-refractivity contribution in [3.63, 3.8) is 0 Å². The molecule has 0 aliphatic rings. The fourth-order valence-corrected chi connectivity index (χ4v) is 1.90. The lowest BCUT2D eigenvalue weighted by Crippen LogP contribution is -1.91. The van der Waals surface area contributed by atoms with Gasteiger partial charge in [-0.05, 0) is 35.2 Å². The van der Waals surface area contributed by atoms with Crippen molar-refractivity contribution in [3.05, 3.63) is 59.4 Å². The first-order valence-electron chi connectivity index (χ1n) is 5.59. The van der Waals surface area contributed by atoms with Gasteiger partial charge in [0.2, 0.25) is 0 Å². The fourth-order valence-electron chi connectivity index (χ4n) is 1.90. The second kappa shape index (κ2) is 4.91. The Morgan fingerprint density at radius 1 is 1.18 bits per heavy atom. The van der Waals surface area contributed by atoms with E-state index in [9.17, 15) is 9.18 Å². The summed E-state index contributed by atoms with van der Waals surface area (Å²) in [5, 5.41) is 0. The number of hydrogen-bond donors (Lipinski definition) is 0. The lowest BCUT2D eigenvalue weighted by Gasteiger charge is -2.08. The molecule has 0 fully saturated rings. The first-order chi connectivity index (χ1) is 8.26. The van der Waals surface area contributed by atoms with Crippen LogP contribution in [0.2, 0.25) is 0 Å². The number of halogens is 1. The second-order valence-corrected chi connectivity index (χ2v) is 3.86. The lowest BCUT2D eigenvalue weighted by atomic mass is 9.97. The molecule has 2 aromatic carbocycles. The summed E-state index contributed by atoms with van der Waals surface area (Å²) in [6.07, 6.45) is 1.43. The van der Waals surface area contributed by atoms with E-state index in [1.165, 1.54) is 17.7 Å². The Bertz CT molecular complexity index is 546. The van der Waals surface area contributed by atoms with E-state index in [1.54, 1.807) is 6.07 Å². The number of carbonyl (C=O) groups is 1. The third-order valence-electron chi connectivity index (χ3n) is 2.84. The molecule has 0 heterocycles.